The molecule has 0 bridgehead atoms. The molecule has 1 fully saturated rings. The van der Waals surface area contributed by atoms with Gasteiger partial charge in [-0.15, -0.1) is 0 Å². The van der Waals surface area contributed by atoms with Crippen LogP contribution in [-0.4, -0.2) is 33.8 Å². The molecule has 39 heavy (non-hydrogen) atoms. The maximum absolute atomic E-state index is 13.3. The maximum Gasteiger partial charge on any atom is 0.295 e. The fraction of sp³-hybridized carbons (Fsp3) is 0.156. The molecular formula is C32H28N2O5. The third-order valence-electron chi connectivity index (χ3n) is 6.81. The van der Waals surface area contributed by atoms with E-state index in [1.165, 1.54) is 4.90 Å². The van der Waals surface area contributed by atoms with Gasteiger partial charge in [-0.1, -0.05) is 42.5 Å². The van der Waals surface area contributed by atoms with Crippen molar-refractivity contribution in [2.75, 3.05) is 7.11 Å². The molecule has 1 aromatic heterocycles. The predicted octanol–water partition coefficient (Wildman–Crippen LogP) is 5.60. The minimum absolute atomic E-state index is 0.0192. The molecule has 0 spiro atoms. The molecule has 1 N–H and O–H groups in total. The highest BCUT2D eigenvalue weighted by Gasteiger charge is 2.46. The second-order valence-electron chi connectivity index (χ2n) is 9.30. The van der Waals surface area contributed by atoms with Crippen LogP contribution in [0, 0.1) is 6.92 Å². The monoisotopic (exact) mass is 520 g/mol. The summed E-state index contributed by atoms with van der Waals surface area (Å²) in [6, 6.07) is 24.8. The number of Topliss-reactive ketones (excluding diaryl/α,β-unsaturated/α-hetero) is 1. The van der Waals surface area contributed by atoms with E-state index in [9.17, 15) is 14.7 Å². The number of amides is 1. The number of nitrogens with zero attached hydrogens (tertiary/aromatic N) is 2. The molecule has 7 nitrogen and oxygen atoms in total. The van der Waals surface area contributed by atoms with Crippen molar-refractivity contribution < 1.29 is 24.2 Å². The number of benzene rings is 3. The number of ketones is 1. The zero-order chi connectivity index (χ0) is 27.4. The van der Waals surface area contributed by atoms with Gasteiger partial charge in [0.05, 0.1) is 18.7 Å². The summed E-state index contributed by atoms with van der Waals surface area (Å²) < 4.78 is 11.3. The summed E-state index contributed by atoms with van der Waals surface area (Å²) in [5.74, 6) is -0.485. The molecular weight excluding hydrogens is 492 g/mol. The van der Waals surface area contributed by atoms with Gasteiger partial charge in [0.2, 0.25) is 0 Å². The Morgan fingerprint density at radius 1 is 0.949 bits per heavy atom. The highest BCUT2D eigenvalue weighted by Crippen LogP contribution is 2.41. The van der Waals surface area contributed by atoms with Crippen LogP contribution in [0.5, 0.6) is 11.5 Å². The molecule has 3 aromatic carbocycles. The van der Waals surface area contributed by atoms with Crippen LogP contribution in [0.3, 0.4) is 0 Å². The van der Waals surface area contributed by atoms with E-state index in [0.29, 0.717) is 29.2 Å². The van der Waals surface area contributed by atoms with Crippen LogP contribution >= 0.6 is 0 Å². The first-order valence-corrected chi connectivity index (χ1v) is 12.6. The Labute approximate surface area is 227 Å². The summed E-state index contributed by atoms with van der Waals surface area (Å²) in [6.45, 7) is 2.60. The van der Waals surface area contributed by atoms with E-state index in [1.54, 1.807) is 68.0 Å². The molecule has 7 heteroatoms. The molecule has 196 valence electrons. The van der Waals surface area contributed by atoms with Gasteiger partial charge in [-0.3, -0.25) is 14.6 Å². The summed E-state index contributed by atoms with van der Waals surface area (Å²) >= 11 is 0. The van der Waals surface area contributed by atoms with Gasteiger partial charge in [0.1, 0.15) is 23.9 Å². The van der Waals surface area contributed by atoms with Crippen LogP contribution in [0.2, 0.25) is 0 Å². The number of carbonyl (C=O) groups is 2. The smallest absolute Gasteiger partial charge is 0.295 e. The number of carbonyl (C=O) groups excluding carboxylic acids is 2. The zero-order valence-corrected chi connectivity index (χ0v) is 21.7. The van der Waals surface area contributed by atoms with Gasteiger partial charge in [-0.2, -0.15) is 0 Å². The van der Waals surface area contributed by atoms with Crippen LogP contribution < -0.4 is 9.47 Å². The standard InChI is InChI=1S/C32H28N2O5/c1-21-7-3-4-9-25(21)20-39-26-14-12-23(13-15-26)30(35)28-29(24-10-5-11-27(17-24)38-2)34(32(37)31(28)36)19-22-8-6-16-33-18-22/h3-18,29,35H,19-20H2,1-2H3/b30-28-. The fourth-order valence-corrected chi connectivity index (χ4v) is 4.69. The first-order valence-electron chi connectivity index (χ1n) is 12.6. The van der Waals surface area contributed by atoms with E-state index in [2.05, 4.69) is 4.98 Å². The SMILES string of the molecule is COc1cccc(C2/C(=C(/O)c3ccc(OCc4ccccc4C)cc3)C(=O)C(=O)N2Cc2cccnc2)c1. The summed E-state index contributed by atoms with van der Waals surface area (Å²) in [6.07, 6.45) is 3.29. The molecule has 1 atom stereocenters. The van der Waals surface area contributed by atoms with Gasteiger partial charge in [-0.05, 0) is 71.6 Å². The van der Waals surface area contributed by atoms with E-state index in [1.807, 2.05) is 43.3 Å². The predicted molar refractivity (Wildman–Crippen MR) is 147 cm³/mol. The molecule has 4 aromatic rings. The molecule has 0 saturated carbocycles. The van der Waals surface area contributed by atoms with Gasteiger partial charge < -0.3 is 19.5 Å². The average molecular weight is 521 g/mol. The van der Waals surface area contributed by atoms with Crippen molar-refractivity contribution in [3.05, 3.63) is 131 Å². The Bertz CT molecular complexity index is 1530. The number of likely N-dealkylation sites (tertiary alicyclic amines) is 1. The minimum atomic E-state index is -0.808. The van der Waals surface area contributed by atoms with Crippen molar-refractivity contribution in [2.24, 2.45) is 0 Å². The van der Waals surface area contributed by atoms with Gasteiger partial charge in [-0.25, -0.2) is 0 Å². The van der Waals surface area contributed by atoms with Crippen LogP contribution in [0.4, 0.5) is 0 Å². The van der Waals surface area contributed by atoms with Gasteiger partial charge in [0.15, 0.2) is 0 Å². The van der Waals surface area contributed by atoms with Crippen LogP contribution in [0.15, 0.2) is 103 Å². The van der Waals surface area contributed by atoms with Gasteiger partial charge in [0.25, 0.3) is 11.7 Å². The lowest BCUT2D eigenvalue weighted by atomic mass is 9.95. The summed E-state index contributed by atoms with van der Waals surface area (Å²) in [5.41, 5.74) is 4.06. The second kappa shape index (κ2) is 11.2. The molecule has 2 heterocycles. The van der Waals surface area contributed by atoms with E-state index < -0.39 is 17.7 Å². The first kappa shape index (κ1) is 25.7. The number of hydrogen-bond acceptors (Lipinski definition) is 6. The third-order valence-corrected chi connectivity index (χ3v) is 6.81. The van der Waals surface area contributed by atoms with Crippen molar-refractivity contribution in [1.82, 2.24) is 9.88 Å². The van der Waals surface area contributed by atoms with Gasteiger partial charge in [0, 0.05) is 24.5 Å². The number of hydrogen-bond donors (Lipinski definition) is 1. The highest BCUT2D eigenvalue weighted by molar-refractivity contribution is 6.46. The largest absolute Gasteiger partial charge is 0.507 e. The van der Waals surface area contributed by atoms with Crippen molar-refractivity contribution in [2.45, 2.75) is 26.1 Å². The van der Waals surface area contributed by atoms with E-state index in [-0.39, 0.29) is 17.9 Å². The van der Waals surface area contributed by atoms with E-state index in [0.717, 1.165) is 16.7 Å². The Morgan fingerprint density at radius 2 is 1.74 bits per heavy atom. The molecule has 0 aliphatic carbocycles. The normalized spacial score (nSPS) is 16.4. The first-order chi connectivity index (χ1) is 19.0. The number of pyridine rings is 1. The lowest BCUT2D eigenvalue weighted by Gasteiger charge is -2.25. The Hall–Kier alpha value is -4.91. The number of methoxy groups -OCH3 is 1. The summed E-state index contributed by atoms with van der Waals surface area (Å²) in [5, 5.41) is 11.4. The molecule has 1 saturated heterocycles. The zero-order valence-electron chi connectivity index (χ0n) is 21.7. The van der Waals surface area contributed by atoms with E-state index >= 15 is 0 Å². The molecule has 1 aliphatic heterocycles. The molecule has 1 amide bonds. The molecule has 0 radical (unpaired) electrons. The Kier molecular flexibility index (Phi) is 7.41. The van der Waals surface area contributed by atoms with Gasteiger partial charge >= 0.3 is 0 Å². The fourth-order valence-electron chi connectivity index (χ4n) is 4.69. The number of aliphatic hydroxyl groups excluding tert-OH is 1. The summed E-state index contributed by atoms with van der Waals surface area (Å²) in [7, 11) is 1.55. The van der Waals surface area contributed by atoms with Crippen LogP contribution in [0.1, 0.15) is 33.9 Å². The minimum Gasteiger partial charge on any atom is -0.507 e. The van der Waals surface area contributed by atoms with E-state index in [4.69, 9.17) is 9.47 Å². The maximum atomic E-state index is 13.3. The highest BCUT2D eigenvalue weighted by atomic mass is 16.5. The lowest BCUT2D eigenvalue weighted by Crippen LogP contribution is -2.29. The number of rotatable bonds is 8. The molecule has 1 unspecified atom stereocenters. The summed E-state index contributed by atoms with van der Waals surface area (Å²) in [4.78, 5) is 32.2. The van der Waals surface area contributed by atoms with Crippen molar-refractivity contribution in [3.63, 3.8) is 0 Å². The third kappa shape index (κ3) is 5.38. The van der Waals surface area contributed by atoms with Crippen LogP contribution in [-0.2, 0) is 22.7 Å². The van der Waals surface area contributed by atoms with Crippen molar-refractivity contribution in [1.29, 1.82) is 0 Å². The number of aliphatic hydroxyl groups is 1. The van der Waals surface area contributed by atoms with Crippen molar-refractivity contribution in [3.8, 4) is 11.5 Å². The Balaban J connectivity index is 1.49. The molecule has 5 rings (SSSR count). The quantitative estimate of drug-likeness (QED) is 0.185. The molecule has 1 aliphatic rings. The number of aromatic nitrogens is 1. The lowest BCUT2D eigenvalue weighted by molar-refractivity contribution is -0.140. The van der Waals surface area contributed by atoms with Crippen molar-refractivity contribution >= 4 is 17.4 Å². The topological polar surface area (TPSA) is 89.0 Å². The second-order valence-corrected chi connectivity index (χ2v) is 9.30. The number of aryl methyl sites for hydroxylation is 1. The number of ether oxygens (including phenoxy) is 2. The van der Waals surface area contributed by atoms with Crippen LogP contribution in [0.25, 0.3) is 5.76 Å². The average Bonchev–Trinajstić information content (AvgIpc) is 3.22. The Morgan fingerprint density at radius 3 is 2.46 bits per heavy atom.